The van der Waals surface area contributed by atoms with Crippen LogP contribution in [0.1, 0.15) is 86.5 Å². The normalized spacial score (nSPS) is 38.0. The first-order chi connectivity index (χ1) is 14.8. The lowest BCUT2D eigenvalue weighted by Gasteiger charge is -2.55. The van der Waals surface area contributed by atoms with Gasteiger partial charge in [0.1, 0.15) is 6.29 Å². The molecular formula is C29H46O2Si. The van der Waals surface area contributed by atoms with Crippen LogP contribution in [0.3, 0.4) is 0 Å². The maximum absolute atomic E-state index is 11.2. The number of carbonyl (C=O) groups excluding carboxylic acids is 1. The van der Waals surface area contributed by atoms with Crippen molar-refractivity contribution in [1.29, 1.82) is 0 Å². The van der Waals surface area contributed by atoms with Gasteiger partial charge in [-0.25, -0.2) is 0 Å². The molecule has 0 aromatic rings. The predicted molar refractivity (Wildman–Crippen MR) is 137 cm³/mol. The first kappa shape index (κ1) is 24.2. The number of fused-ring (bicyclic) bond motifs is 5. The average molecular weight is 455 g/mol. The fourth-order valence-corrected chi connectivity index (χ4v) is 8.71. The highest BCUT2D eigenvalue weighted by atomic mass is 28.4. The minimum absolute atomic E-state index is 0.245. The third kappa shape index (κ3) is 3.76. The van der Waals surface area contributed by atoms with Crippen LogP contribution in [-0.4, -0.2) is 20.7 Å². The van der Waals surface area contributed by atoms with E-state index in [0.29, 0.717) is 35.7 Å². The smallest absolute Gasteiger partial charge is 0.192 e. The molecule has 2 saturated carbocycles. The van der Waals surface area contributed by atoms with E-state index >= 15 is 0 Å². The molecule has 0 amide bonds. The van der Waals surface area contributed by atoms with Crippen LogP contribution in [0.2, 0.25) is 18.1 Å². The quantitative estimate of drug-likeness (QED) is 0.239. The largest absolute Gasteiger partial charge is 0.414 e. The van der Waals surface area contributed by atoms with E-state index < -0.39 is 8.32 Å². The Morgan fingerprint density at radius 2 is 1.81 bits per heavy atom. The summed E-state index contributed by atoms with van der Waals surface area (Å²) in [7, 11) is -1.74. The van der Waals surface area contributed by atoms with Gasteiger partial charge in [-0.05, 0) is 85.2 Å². The van der Waals surface area contributed by atoms with Gasteiger partial charge in [-0.2, -0.15) is 0 Å². The van der Waals surface area contributed by atoms with Crippen molar-refractivity contribution >= 4 is 14.6 Å². The van der Waals surface area contributed by atoms with E-state index in [4.69, 9.17) is 4.43 Å². The van der Waals surface area contributed by atoms with Crippen LogP contribution in [0.4, 0.5) is 0 Å². The van der Waals surface area contributed by atoms with Crippen molar-refractivity contribution in [2.75, 3.05) is 0 Å². The van der Waals surface area contributed by atoms with Gasteiger partial charge in [-0.15, -0.1) is 0 Å². The fraction of sp³-hybridized carbons (Fsp3) is 0.759. The van der Waals surface area contributed by atoms with E-state index in [2.05, 4.69) is 72.9 Å². The Bertz CT molecular complexity index is 857. The van der Waals surface area contributed by atoms with Crippen LogP contribution in [0, 0.1) is 28.6 Å². The molecule has 2 nitrogen and oxygen atoms in total. The van der Waals surface area contributed by atoms with Crippen LogP contribution in [0.15, 0.2) is 34.9 Å². The Hall–Kier alpha value is -0.933. The molecule has 0 bridgehead atoms. The fourth-order valence-electron chi connectivity index (χ4n) is 7.32. The molecule has 4 rings (SSSR count). The van der Waals surface area contributed by atoms with Crippen molar-refractivity contribution in [3.8, 4) is 0 Å². The van der Waals surface area contributed by atoms with Gasteiger partial charge in [-0.1, -0.05) is 76.5 Å². The molecule has 0 aromatic carbocycles. The molecule has 0 spiro atoms. The summed E-state index contributed by atoms with van der Waals surface area (Å²) >= 11 is 0. The van der Waals surface area contributed by atoms with Gasteiger partial charge in [0, 0.05) is 12.5 Å². The Kier molecular flexibility index (Phi) is 6.11. The Morgan fingerprint density at radius 3 is 2.47 bits per heavy atom. The second-order valence-electron chi connectivity index (χ2n) is 13.3. The van der Waals surface area contributed by atoms with Crippen LogP contribution in [-0.2, 0) is 9.22 Å². The summed E-state index contributed by atoms with van der Waals surface area (Å²) in [5, 5.41) is 0.268. The standard InChI is InChI=1S/C29H46O2Si/c1-20(15-18-30)24-11-12-25-23-10-9-21-19-22(31-32(7,8)27(2,3)4)13-16-28(21,5)26(23)14-17-29(24,25)6/h9-11,18,20,22,25-26H,12-17,19H2,1-8H3/t20-,22?,25+,26+,28+,29-/m1/s1. The minimum Gasteiger partial charge on any atom is -0.414 e. The highest BCUT2D eigenvalue weighted by Gasteiger charge is 2.55. The Balaban J connectivity index is 1.56. The molecule has 178 valence electrons. The number of rotatable bonds is 5. The first-order valence-electron chi connectivity index (χ1n) is 13.1. The van der Waals surface area contributed by atoms with Gasteiger partial charge in [0.05, 0.1) is 0 Å². The lowest BCUT2D eigenvalue weighted by atomic mass is 9.50. The second-order valence-corrected chi connectivity index (χ2v) is 18.0. The van der Waals surface area contributed by atoms with Crippen molar-refractivity contribution < 1.29 is 9.22 Å². The molecule has 4 aliphatic rings. The summed E-state index contributed by atoms with van der Waals surface area (Å²) in [6.45, 7) is 19.1. The summed E-state index contributed by atoms with van der Waals surface area (Å²) in [5.41, 5.74) is 5.45. The zero-order valence-corrected chi connectivity index (χ0v) is 22.9. The van der Waals surface area contributed by atoms with Crippen LogP contribution in [0.25, 0.3) is 0 Å². The Morgan fingerprint density at radius 1 is 1.12 bits per heavy atom. The molecule has 2 fully saturated rings. The van der Waals surface area contributed by atoms with E-state index in [0.717, 1.165) is 19.1 Å². The molecule has 0 aromatic heterocycles. The second kappa shape index (κ2) is 8.08. The highest BCUT2D eigenvalue weighted by Crippen LogP contribution is 2.64. The zero-order chi connectivity index (χ0) is 23.5. The van der Waals surface area contributed by atoms with E-state index in [9.17, 15) is 4.79 Å². The van der Waals surface area contributed by atoms with Crippen molar-refractivity contribution in [2.24, 2.45) is 28.6 Å². The third-order valence-electron chi connectivity index (χ3n) is 10.4. The van der Waals surface area contributed by atoms with E-state index in [1.54, 1.807) is 16.7 Å². The highest BCUT2D eigenvalue weighted by molar-refractivity contribution is 6.74. The van der Waals surface area contributed by atoms with Gasteiger partial charge in [-0.3, -0.25) is 0 Å². The molecule has 0 aliphatic heterocycles. The van der Waals surface area contributed by atoms with Gasteiger partial charge in [0.25, 0.3) is 0 Å². The number of aldehydes is 1. The lowest BCUT2D eigenvalue weighted by Crippen LogP contribution is -2.49. The summed E-state index contributed by atoms with van der Waals surface area (Å²) in [6, 6.07) is 0. The molecule has 32 heavy (non-hydrogen) atoms. The van der Waals surface area contributed by atoms with Gasteiger partial charge in [0.15, 0.2) is 8.32 Å². The van der Waals surface area contributed by atoms with E-state index in [-0.39, 0.29) is 10.5 Å². The molecule has 0 N–H and O–H groups in total. The molecule has 1 unspecified atom stereocenters. The molecule has 0 radical (unpaired) electrons. The summed E-state index contributed by atoms with van der Waals surface area (Å²) < 4.78 is 6.86. The number of allylic oxidation sites excluding steroid dienone is 5. The monoisotopic (exact) mass is 454 g/mol. The summed E-state index contributed by atoms with van der Waals surface area (Å²) in [4.78, 5) is 11.2. The average Bonchev–Trinajstić information content (AvgIpc) is 3.04. The zero-order valence-electron chi connectivity index (χ0n) is 21.9. The number of hydrogen-bond acceptors (Lipinski definition) is 2. The van der Waals surface area contributed by atoms with Gasteiger partial charge in [0.2, 0.25) is 0 Å². The van der Waals surface area contributed by atoms with Crippen molar-refractivity contribution in [3.63, 3.8) is 0 Å². The number of hydrogen-bond donors (Lipinski definition) is 0. The molecule has 3 heteroatoms. The minimum atomic E-state index is -1.74. The maximum Gasteiger partial charge on any atom is 0.192 e. The third-order valence-corrected chi connectivity index (χ3v) is 15.0. The van der Waals surface area contributed by atoms with Gasteiger partial charge >= 0.3 is 0 Å². The van der Waals surface area contributed by atoms with Crippen LogP contribution in [0.5, 0.6) is 0 Å². The molecule has 0 saturated heterocycles. The van der Waals surface area contributed by atoms with Crippen molar-refractivity contribution in [2.45, 2.75) is 111 Å². The van der Waals surface area contributed by atoms with Crippen LogP contribution < -0.4 is 0 Å². The van der Waals surface area contributed by atoms with Gasteiger partial charge < -0.3 is 9.22 Å². The Labute approximate surface area is 198 Å². The van der Waals surface area contributed by atoms with E-state index in [1.165, 1.54) is 25.7 Å². The molecule has 6 atom stereocenters. The predicted octanol–water partition coefficient (Wildman–Crippen LogP) is 8.02. The van der Waals surface area contributed by atoms with Crippen molar-refractivity contribution in [1.82, 2.24) is 0 Å². The maximum atomic E-state index is 11.2. The first-order valence-corrected chi connectivity index (χ1v) is 16.0. The lowest BCUT2D eigenvalue weighted by molar-refractivity contribution is -0.108. The topological polar surface area (TPSA) is 26.3 Å². The molecular weight excluding hydrogens is 408 g/mol. The molecule has 4 aliphatic carbocycles. The SMILES string of the molecule is C[C@H](CC=O)C1=CC[C@H]2C3=CC=C4CC(O[Si](C)(C)C(C)(C)C)CC[C@]4(C)[C@H]3CC[C@]12C. The van der Waals surface area contributed by atoms with Crippen LogP contribution >= 0.6 is 0 Å². The molecule has 0 heterocycles. The summed E-state index contributed by atoms with van der Waals surface area (Å²) in [6.07, 6.45) is 16.9. The number of carbonyl (C=O) groups is 1. The van der Waals surface area contributed by atoms with E-state index in [1.807, 2.05) is 0 Å². The van der Waals surface area contributed by atoms with Crippen molar-refractivity contribution in [3.05, 3.63) is 34.9 Å². The summed E-state index contributed by atoms with van der Waals surface area (Å²) in [5.74, 6) is 1.69.